The van der Waals surface area contributed by atoms with Gasteiger partial charge in [-0.2, -0.15) is 0 Å². The lowest BCUT2D eigenvalue weighted by Crippen LogP contribution is -2.22. The Morgan fingerprint density at radius 1 is 1.41 bits per heavy atom. The maximum atomic E-state index is 11.3. The third-order valence-corrected chi connectivity index (χ3v) is 2.97. The summed E-state index contributed by atoms with van der Waals surface area (Å²) >= 11 is 6.02. The molecule has 0 aromatic heterocycles. The Hall–Kier alpha value is -1.22. The first kappa shape index (κ1) is 13.8. The van der Waals surface area contributed by atoms with Crippen molar-refractivity contribution in [3.8, 4) is 0 Å². The van der Waals surface area contributed by atoms with Crippen molar-refractivity contribution >= 4 is 23.2 Å². The first-order valence-corrected chi connectivity index (χ1v) is 6.08. The van der Waals surface area contributed by atoms with Crippen molar-refractivity contribution in [3.05, 3.63) is 28.8 Å². The molecule has 0 unspecified atom stereocenters. The highest BCUT2D eigenvalue weighted by Crippen LogP contribution is 2.19. The molecule has 0 atom stereocenters. The van der Waals surface area contributed by atoms with Crippen molar-refractivity contribution in [2.24, 2.45) is 0 Å². The van der Waals surface area contributed by atoms with Crippen molar-refractivity contribution in [1.82, 2.24) is 4.90 Å². The molecule has 1 N–H and O–H groups in total. The molecule has 3 nitrogen and oxygen atoms in total. The van der Waals surface area contributed by atoms with Crippen LogP contribution in [0.4, 0.5) is 5.69 Å². The van der Waals surface area contributed by atoms with Crippen LogP contribution in [0.2, 0.25) is 5.02 Å². The van der Waals surface area contributed by atoms with E-state index in [4.69, 9.17) is 11.6 Å². The summed E-state index contributed by atoms with van der Waals surface area (Å²) in [7, 11) is 3.55. The lowest BCUT2D eigenvalue weighted by Gasteiger charge is -2.11. The minimum absolute atomic E-state index is 0.161. The number of hydrogen-bond acceptors (Lipinski definition) is 2. The van der Waals surface area contributed by atoms with Gasteiger partial charge in [-0.1, -0.05) is 17.7 Å². The van der Waals surface area contributed by atoms with E-state index in [1.54, 1.807) is 19.0 Å². The molecule has 1 amide bonds. The maximum Gasteiger partial charge on any atom is 0.222 e. The lowest BCUT2D eigenvalue weighted by atomic mass is 10.2. The first-order valence-electron chi connectivity index (χ1n) is 5.71. The van der Waals surface area contributed by atoms with E-state index >= 15 is 0 Å². The largest absolute Gasteiger partial charge is 0.385 e. The van der Waals surface area contributed by atoms with Gasteiger partial charge in [-0.3, -0.25) is 4.79 Å². The normalized spacial score (nSPS) is 10.1. The molecule has 0 aliphatic carbocycles. The number of amides is 1. The summed E-state index contributed by atoms with van der Waals surface area (Å²) in [5.74, 6) is 0.161. The first-order chi connectivity index (χ1) is 8.00. The van der Waals surface area contributed by atoms with Gasteiger partial charge < -0.3 is 10.2 Å². The van der Waals surface area contributed by atoms with Crippen LogP contribution in [0, 0.1) is 6.92 Å². The number of benzene rings is 1. The molecule has 4 heteroatoms. The molecule has 17 heavy (non-hydrogen) atoms. The van der Waals surface area contributed by atoms with E-state index in [0.29, 0.717) is 6.42 Å². The van der Waals surface area contributed by atoms with Gasteiger partial charge in [0.25, 0.3) is 0 Å². The summed E-state index contributed by atoms with van der Waals surface area (Å²) in [6.07, 6.45) is 1.39. The smallest absolute Gasteiger partial charge is 0.222 e. The molecule has 1 aromatic rings. The van der Waals surface area contributed by atoms with Crippen LogP contribution in [0.1, 0.15) is 18.4 Å². The van der Waals surface area contributed by atoms with Gasteiger partial charge in [0.1, 0.15) is 0 Å². The molecular formula is C13H19ClN2O. The van der Waals surface area contributed by atoms with Gasteiger partial charge in [0.05, 0.1) is 0 Å². The number of rotatable bonds is 5. The quantitative estimate of drug-likeness (QED) is 0.820. The van der Waals surface area contributed by atoms with Crippen LogP contribution in [0.3, 0.4) is 0 Å². The molecule has 0 saturated heterocycles. The minimum Gasteiger partial charge on any atom is -0.385 e. The van der Waals surface area contributed by atoms with Crippen molar-refractivity contribution in [3.63, 3.8) is 0 Å². The summed E-state index contributed by atoms with van der Waals surface area (Å²) in [5.41, 5.74) is 2.07. The number of aryl methyl sites for hydroxylation is 1. The van der Waals surface area contributed by atoms with Gasteiger partial charge in [0.15, 0.2) is 0 Å². The zero-order valence-electron chi connectivity index (χ0n) is 10.6. The van der Waals surface area contributed by atoms with Gasteiger partial charge in [-0.05, 0) is 31.0 Å². The summed E-state index contributed by atoms with van der Waals surface area (Å²) in [4.78, 5) is 12.9. The number of hydrogen-bond donors (Lipinski definition) is 1. The summed E-state index contributed by atoms with van der Waals surface area (Å²) in [5, 5.41) is 4.02. The summed E-state index contributed by atoms with van der Waals surface area (Å²) in [6, 6.07) is 5.88. The van der Waals surface area contributed by atoms with E-state index in [9.17, 15) is 4.79 Å². The van der Waals surface area contributed by atoms with Gasteiger partial charge >= 0.3 is 0 Å². The average molecular weight is 255 g/mol. The fourth-order valence-electron chi connectivity index (χ4n) is 1.40. The van der Waals surface area contributed by atoms with E-state index in [0.717, 1.165) is 29.2 Å². The summed E-state index contributed by atoms with van der Waals surface area (Å²) in [6.45, 7) is 2.75. The molecule has 0 spiro atoms. The second-order valence-electron chi connectivity index (χ2n) is 4.28. The molecule has 0 bridgehead atoms. The van der Waals surface area contributed by atoms with E-state index in [-0.39, 0.29) is 5.91 Å². The van der Waals surface area contributed by atoms with Crippen LogP contribution in [0.15, 0.2) is 18.2 Å². The minimum atomic E-state index is 0.161. The van der Waals surface area contributed by atoms with Crippen molar-refractivity contribution in [1.29, 1.82) is 0 Å². The van der Waals surface area contributed by atoms with Gasteiger partial charge in [0, 0.05) is 37.8 Å². The molecule has 0 aliphatic rings. The fraction of sp³-hybridized carbons (Fsp3) is 0.462. The number of nitrogens with zero attached hydrogens (tertiary/aromatic N) is 1. The van der Waals surface area contributed by atoms with Crippen LogP contribution in [0.25, 0.3) is 0 Å². The molecule has 1 rings (SSSR count). The van der Waals surface area contributed by atoms with E-state index in [1.165, 1.54) is 0 Å². The van der Waals surface area contributed by atoms with Crippen molar-refractivity contribution in [2.45, 2.75) is 19.8 Å². The third-order valence-electron chi connectivity index (χ3n) is 2.57. The van der Waals surface area contributed by atoms with Crippen LogP contribution in [-0.4, -0.2) is 31.4 Å². The van der Waals surface area contributed by atoms with Crippen molar-refractivity contribution < 1.29 is 4.79 Å². The Bertz CT molecular complexity index is 391. The Labute approximate surface area is 108 Å². The molecular weight excluding hydrogens is 236 g/mol. The molecule has 0 radical (unpaired) electrons. The SMILES string of the molecule is Cc1ccc(NCCCC(=O)N(C)C)cc1Cl. The zero-order valence-corrected chi connectivity index (χ0v) is 11.3. The second-order valence-corrected chi connectivity index (χ2v) is 4.69. The van der Waals surface area contributed by atoms with Crippen LogP contribution < -0.4 is 5.32 Å². The average Bonchev–Trinajstić information content (AvgIpc) is 2.28. The Morgan fingerprint density at radius 3 is 2.71 bits per heavy atom. The van der Waals surface area contributed by atoms with Crippen LogP contribution >= 0.6 is 11.6 Å². The molecule has 0 heterocycles. The highest BCUT2D eigenvalue weighted by atomic mass is 35.5. The fourth-order valence-corrected chi connectivity index (χ4v) is 1.58. The lowest BCUT2D eigenvalue weighted by molar-refractivity contribution is -0.128. The molecule has 0 aliphatic heterocycles. The molecule has 94 valence electrons. The number of halogens is 1. The predicted octanol–water partition coefficient (Wildman–Crippen LogP) is 2.93. The topological polar surface area (TPSA) is 32.3 Å². The number of carbonyl (C=O) groups is 1. The van der Waals surface area contributed by atoms with Crippen LogP contribution in [-0.2, 0) is 4.79 Å². The highest BCUT2D eigenvalue weighted by molar-refractivity contribution is 6.31. The van der Waals surface area contributed by atoms with Crippen LogP contribution in [0.5, 0.6) is 0 Å². The third kappa shape index (κ3) is 4.65. The van der Waals surface area contributed by atoms with Gasteiger partial charge in [-0.25, -0.2) is 0 Å². The Balaban J connectivity index is 2.31. The predicted molar refractivity (Wildman–Crippen MR) is 72.6 cm³/mol. The standard InChI is InChI=1S/C13H19ClN2O/c1-10-6-7-11(9-12(10)14)15-8-4-5-13(17)16(2)3/h6-7,9,15H,4-5,8H2,1-3H3. The van der Waals surface area contributed by atoms with Gasteiger partial charge in [-0.15, -0.1) is 0 Å². The monoisotopic (exact) mass is 254 g/mol. The Kier molecular flexibility index (Phi) is 5.29. The second kappa shape index (κ2) is 6.50. The van der Waals surface area contributed by atoms with E-state index in [1.807, 2.05) is 25.1 Å². The number of carbonyl (C=O) groups excluding carboxylic acids is 1. The van der Waals surface area contributed by atoms with Gasteiger partial charge in [0.2, 0.25) is 5.91 Å². The summed E-state index contributed by atoms with van der Waals surface area (Å²) < 4.78 is 0. The number of anilines is 1. The highest BCUT2D eigenvalue weighted by Gasteiger charge is 2.03. The zero-order chi connectivity index (χ0) is 12.8. The van der Waals surface area contributed by atoms with Crippen molar-refractivity contribution in [2.75, 3.05) is 26.0 Å². The molecule has 1 aromatic carbocycles. The maximum absolute atomic E-state index is 11.3. The Morgan fingerprint density at radius 2 is 2.12 bits per heavy atom. The number of nitrogens with one attached hydrogen (secondary N) is 1. The van der Waals surface area contributed by atoms with E-state index < -0.39 is 0 Å². The van der Waals surface area contributed by atoms with E-state index in [2.05, 4.69) is 5.32 Å². The molecule has 0 fully saturated rings. The molecule has 0 saturated carbocycles.